The number of allylic oxidation sites excluding steroid dienone is 3. The lowest BCUT2D eigenvalue weighted by atomic mass is 9.83. The number of esters is 1. The minimum atomic E-state index is -1.78. The van der Waals surface area contributed by atoms with Crippen LogP contribution in [0.4, 0.5) is 10.5 Å². The average molecular weight is 1320 g/mol. The number of epoxide rings is 1. The first-order valence-electron chi connectivity index (χ1n) is 29.8. The van der Waals surface area contributed by atoms with Crippen molar-refractivity contribution in [1.82, 2.24) is 42.3 Å². The zero-order valence-corrected chi connectivity index (χ0v) is 55.1. The van der Waals surface area contributed by atoms with E-state index in [2.05, 4.69) is 71.2 Å². The van der Waals surface area contributed by atoms with Crippen molar-refractivity contribution in [1.29, 1.82) is 0 Å². The second kappa shape index (κ2) is 38.7. The molecule has 8 unspecified atom stereocenters. The Kier molecular flexibility index (Phi) is 32.2. The molecule has 0 aromatic heterocycles. The third-order valence-corrected chi connectivity index (χ3v) is 15.7. The van der Waals surface area contributed by atoms with E-state index in [0.717, 1.165) is 11.1 Å². The number of methoxy groups -OCH3 is 2. The van der Waals surface area contributed by atoms with Gasteiger partial charge in [-0.2, -0.15) is 0 Å². The minimum absolute atomic E-state index is 0.00466. The zero-order valence-electron chi connectivity index (χ0n) is 54.3. The summed E-state index contributed by atoms with van der Waals surface area (Å²) in [6.07, 6.45) is 2.71. The van der Waals surface area contributed by atoms with Crippen molar-refractivity contribution in [3.63, 3.8) is 0 Å². The first kappa shape index (κ1) is 77.3. The number of hydrogen-bond acceptors (Lipinski definition) is 22. The Hall–Kier alpha value is -8.19. The fourth-order valence-corrected chi connectivity index (χ4v) is 10.4. The van der Waals surface area contributed by atoms with Crippen molar-refractivity contribution in [2.45, 2.75) is 94.7 Å². The molecule has 2 saturated heterocycles. The van der Waals surface area contributed by atoms with Gasteiger partial charge in [0.25, 0.3) is 6.47 Å². The van der Waals surface area contributed by atoms with Gasteiger partial charge in [-0.15, -0.1) is 0 Å². The van der Waals surface area contributed by atoms with Gasteiger partial charge < -0.3 is 79.3 Å². The molecule has 28 nitrogen and oxygen atoms in total. The Morgan fingerprint density at radius 1 is 0.882 bits per heavy atom. The van der Waals surface area contributed by atoms with Gasteiger partial charge in [0.05, 0.1) is 45.0 Å². The number of benzene rings is 3. The van der Waals surface area contributed by atoms with E-state index in [1.54, 1.807) is 66.1 Å². The van der Waals surface area contributed by atoms with Crippen molar-refractivity contribution in [2.75, 3.05) is 114 Å². The summed E-state index contributed by atoms with van der Waals surface area (Å²) in [6, 6.07) is 19.6. The van der Waals surface area contributed by atoms with E-state index in [-0.39, 0.29) is 75.1 Å². The van der Waals surface area contributed by atoms with E-state index in [4.69, 9.17) is 40.0 Å². The highest BCUT2D eigenvalue weighted by atomic mass is 35.5. The fourth-order valence-electron chi connectivity index (χ4n) is 10.0. The standard InChI is InChI=1S/C33H46ClN3O9.C15H12O2.C13H23N5O6.C3H7NO2/c1-18-11-10-12-25(43-9)33(41)17-24(44-31(40)35-33)19(2)29-32(4,46-29)26(45-30(39)20(3)36(5)6)16-27(38)37(7)22-14-21(13-18)15-23(42-8)28(22)34;16-10-17-9-15-13-7-3-1-5-11(13)12-6-2-4-8-14(12)15;1-14-2-3-15-10(20)6-16-11(21)7-17-12(22)8-18-13(23)9-24-5-4-19;1-4-6-3-2-5/h10-12,14-15,19-20,24-26,29,41H,13,16-17H2,1-9H3,(H,35,40);1-8,10,15H,9H2;4,14H,2-3,5-9H2,1H3,(H,15,20)(H,16,21)(H,17,22)(H,18,23);2,4H,3H2,1H3/b12-10+,18-11+;;;. The number of alkyl carbamates (subject to hydrolysis) is 1. The molecule has 4 aliphatic rings. The van der Waals surface area contributed by atoms with Crippen LogP contribution in [-0.2, 0) is 82.8 Å². The summed E-state index contributed by atoms with van der Waals surface area (Å²) in [4.78, 5) is 122. The maximum Gasteiger partial charge on any atom is 0.409 e. The predicted molar refractivity (Wildman–Crippen MR) is 342 cm³/mol. The van der Waals surface area contributed by atoms with E-state index in [1.807, 2.05) is 56.3 Å². The number of aldehydes is 2. The van der Waals surface area contributed by atoms with Crippen LogP contribution in [-0.4, -0.2) is 221 Å². The van der Waals surface area contributed by atoms with E-state index < -0.39 is 77.5 Å². The van der Waals surface area contributed by atoms with Gasteiger partial charge in [-0.25, -0.2) is 10.3 Å². The number of nitrogens with zero attached hydrogens (tertiary/aromatic N) is 2. The number of carbonyl (C=O) groups is 10. The molecule has 8 N–H and O–H groups in total. The van der Waals surface area contributed by atoms with E-state index in [1.165, 1.54) is 41.4 Å². The van der Waals surface area contributed by atoms with Crippen LogP contribution in [0.3, 0.4) is 0 Å². The average Bonchev–Trinajstić information content (AvgIpc) is 1.59. The summed E-state index contributed by atoms with van der Waals surface area (Å²) in [5.74, 6) is -2.77. The molecule has 3 heterocycles. The molecule has 0 saturated carbocycles. The van der Waals surface area contributed by atoms with Crippen LogP contribution in [0.5, 0.6) is 5.75 Å². The number of likely N-dealkylation sites (N-methyl/N-ethyl adjacent to an activating group) is 2. The molecule has 7 rings (SSSR count). The van der Waals surface area contributed by atoms with Crippen LogP contribution in [0.15, 0.2) is 84.5 Å². The molecular formula is C64H88ClN9O19. The van der Waals surface area contributed by atoms with Crippen LogP contribution < -0.4 is 47.0 Å². The lowest BCUT2D eigenvalue weighted by molar-refractivity contribution is -0.158. The first-order chi connectivity index (χ1) is 44.4. The van der Waals surface area contributed by atoms with Gasteiger partial charge in [-0.3, -0.25) is 48.6 Å². The molecule has 3 aromatic rings. The summed E-state index contributed by atoms with van der Waals surface area (Å²) in [7, 11) is 11.4. The normalized spacial score (nSPS) is 22.4. The van der Waals surface area contributed by atoms with E-state index in [0.29, 0.717) is 56.6 Å². The SMILES string of the molecule is CNCCNC(=O)CNC(=O)CNC(=O)CNC(=O)COCC=O.CNOCC=O.COc1cc2cc(c1Cl)N(C)C(=O)CC(OC(=O)C(C)N(C)C)C1(C)OC1C(C)C1CC(O)(NC(=O)O1)C(OC)/C=C/C=C(\C)C2.O=COCC1c2ccccc2-c2ccccc21. The molecule has 2 fully saturated rings. The summed E-state index contributed by atoms with van der Waals surface area (Å²) < 4.78 is 38.6. The number of nitrogens with one attached hydrogen (secondary N) is 7. The number of aliphatic hydroxyl groups is 1. The Bertz CT molecular complexity index is 3050. The molecule has 1 aliphatic carbocycles. The van der Waals surface area contributed by atoms with Gasteiger partial charge in [0.2, 0.25) is 29.5 Å². The lowest BCUT2D eigenvalue weighted by Crippen LogP contribution is -2.63. The fraction of sp³-hybridized carbons (Fsp3) is 0.500. The monoisotopic (exact) mass is 1320 g/mol. The first-order valence-corrected chi connectivity index (χ1v) is 30.2. The van der Waals surface area contributed by atoms with Crippen LogP contribution in [0.2, 0.25) is 5.02 Å². The molecule has 8 atom stereocenters. The molecule has 3 aliphatic heterocycles. The van der Waals surface area contributed by atoms with Crippen molar-refractivity contribution in [3.8, 4) is 16.9 Å². The number of halogens is 1. The van der Waals surface area contributed by atoms with E-state index >= 15 is 0 Å². The van der Waals surface area contributed by atoms with Gasteiger partial charge in [0.15, 0.2) is 5.72 Å². The number of hydrogen-bond donors (Lipinski definition) is 8. The predicted octanol–water partition coefficient (Wildman–Crippen LogP) is 1.81. The summed E-state index contributed by atoms with van der Waals surface area (Å²) in [5.41, 5.74) is 6.69. The van der Waals surface area contributed by atoms with Crippen molar-refractivity contribution >= 4 is 77.9 Å². The van der Waals surface area contributed by atoms with Gasteiger partial charge in [0.1, 0.15) is 79.7 Å². The highest BCUT2D eigenvalue weighted by Gasteiger charge is 2.64. The quantitative estimate of drug-likeness (QED) is 0.0158. The van der Waals surface area contributed by atoms with E-state index in [9.17, 15) is 53.1 Å². The molecular weight excluding hydrogens is 1230 g/mol. The van der Waals surface area contributed by atoms with Gasteiger partial charge >= 0.3 is 12.1 Å². The Morgan fingerprint density at radius 3 is 2.03 bits per heavy atom. The van der Waals surface area contributed by atoms with Crippen molar-refractivity contribution in [3.05, 3.63) is 106 Å². The van der Waals surface area contributed by atoms with Crippen LogP contribution in [0, 0.1) is 5.92 Å². The maximum atomic E-state index is 13.9. The molecule has 0 radical (unpaired) electrons. The number of fused-ring (bicyclic) bond motifs is 8. The second-order valence-electron chi connectivity index (χ2n) is 22.2. The number of rotatable bonds is 24. The number of carbonyl (C=O) groups excluding carboxylic acids is 10. The molecule has 29 heteroatoms. The summed E-state index contributed by atoms with van der Waals surface area (Å²) in [6.45, 7) is 7.97. The maximum absolute atomic E-state index is 13.9. The highest BCUT2D eigenvalue weighted by molar-refractivity contribution is 6.35. The number of hydroxylamine groups is 1. The summed E-state index contributed by atoms with van der Waals surface area (Å²) >= 11 is 6.71. The van der Waals surface area contributed by atoms with Gasteiger partial charge in [-0.1, -0.05) is 90.9 Å². The summed E-state index contributed by atoms with van der Waals surface area (Å²) in [5, 5.41) is 26.7. The Balaban J connectivity index is 0.000000323. The second-order valence-corrected chi connectivity index (χ2v) is 22.5. The smallest absolute Gasteiger partial charge is 0.409 e. The molecule has 510 valence electrons. The molecule has 93 heavy (non-hydrogen) atoms. The minimum Gasteiger partial charge on any atom is -0.495 e. The van der Waals surface area contributed by atoms with Crippen LogP contribution in [0.25, 0.3) is 11.1 Å². The van der Waals surface area contributed by atoms with Crippen molar-refractivity contribution < 1.29 is 91.0 Å². The Morgan fingerprint density at radius 2 is 1.48 bits per heavy atom. The molecule has 4 bridgehead atoms. The third-order valence-electron chi connectivity index (χ3n) is 15.4. The number of amides is 6. The van der Waals surface area contributed by atoms with Gasteiger partial charge in [0, 0.05) is 52.6 Å². The topological polar surface area (TPSA) is 359 Å². The third kappa shape index (κ3) is 23.4. The van der Waals surface area contributed by atoms with Crippen molar-refractivity contribution in [2.24, 2.45) is 5.92 Å². The lowest BCUT2D eigenvalue weighted by Gasteiger charge is -2.42. The zero-order chi connectivity index (χ0) is 68.8. The largest absolute Gasteiger partial charge is 0.495 e. The number of anilines is 1. The Labute approximate surface area is 546 Å². The molecule has 6 amide bonds. The van der Waals surface area contributed by atoms with Gasteiger partial charge in [-0.05, 0) is 88.3 Å². The highest BCUT2D eigenvalue weighted by Crippen LogP contribution is 2.49. The van der Waals surface area contributed by atoms with Crippen LogP contribution >= 0.6 is 11.6 Å². The number of ether oxygens (including phenoxy) is 7. The molecule has 0 spiro atoms. The van der Waals surface area contributed by atoms with Crippen LogP contribution in [0.1, 0.15) is 63.1 Å². The molecule has 3 aromatic carbocycles.